The van der Waals surface area contributed by atoms with Gasteiger partial charge in [-0.15, -0.1) is 0 Å². The molecule has 1 unspecified atom stereocenters. The summed E-state index contributed by atoms with van der Waals surface area (Å²) in [4.78, 5) is 2.22. The Morgan fingerprint density at radius 3 is 2.33 bits per heavy atom. The van der Waals surface area contributed by atoms with Crippen LogP contribution in [0, 0.1) is 5.92 Å². The number of nitrogens with zero attached hydrogens (tertiary/aromatic N) is 1. The van der Waals surface area contributed by atoms with E-state index < -0.39 is 0 Å². The number of ether oxygens (including phenoxy) is 1. The van der Waals surface area contributed by atoms with Gasteiger partial charge in [-0.05, 0) is 32.9 Å². The minimum absolute atomic E-state index is 0.0920. The highest BCUT2D eigenvalue weighted by Gasteiger charge is 2.45. The Kier molecular flexibility index (Phi) is 3.09. The van der Waals surface area contributed by atoms with Crippen LogP contribution in [0.4, 0.5) is 0 Å². The number of hydrogen-bond donors (Lipinski definition) is 1. The zero-order chi connectivity index (χ0) is 9.19. The van der Waals surface area contributed by atoms with Crippen molar-refractivity contribution in [1.29, 1.82) is 0 Å². The van der Waals surface area contributed by atoms with Crippen LogP contribution < -0.4 is 5.73 Å². The Labute approximate surface area is 74.9 Å². The molecule has 1 aliphatic carbocycles. The van der Waals surface area contributed by atoms with Crippen LogP contribution in [0.15, 0.2) is 0 Å². The fourth-order valence-electron chi connectivity index (χ4n) is 1.89. The molecule has 0 heterocycles. The number of likely N-dealkylation sites (N-methyl/N-ethyl adjacent to an activating group) is 1. The lowest BCUT2D eigenvalue weighted by atomic mass is 9.93. The van der Waals surface area contributed by atoms with E-state index in [4.69, 9.17) is 10.5 Å². The van der Waals surface area contributed by atoms with Crippen molar-refractivity contribution in [1.82, 2.24) is 4.90 Å². The Hall–Kier alpha value is -0.120. The van der Waals surface area contributed by atoms with Crippen molar-refractivity contribution >= 4 is 0 Å². The van der Waals surface area contributed by atoms with Crippen LogP contribution in [0.1, 0.15) is 12.8 Å². The zero-order valence-electron chi connectivity index (χ0n) is 8.34. The Bertz CT molecular complexity index is 141. The molecule has 72 valence electrons. The average molecular weight is 172 g/mol. The lowest BCUT2D eigenvalue weighted by molar-refractivity contribution is 0.0301. The van der Waals surface area contributed by atoms with Gasteiger partial charge in [0, 0.05) is 13.7 Å². The normalized spacial score (nSPS) is 22.8. The molecule has 0 amide bonds. The first-order valence-corrected chi connectivity index (χ1v) is 4.54. The quantitative estimate of drug-likeness (QED) is 0.648. The minimum Gasteiger partial charge on any atom is -0.383 e. The van der Waals surface area contributed by atoms with Crippen molar-refractivity contribution in [2.24, 2.45) is 11.7 Å². The van der Waals surface area contributed by atoms with E-state index in [0.29, 0.717) is 6.54 Å². The largest absolute Gasteiger partial charge is 0.383 e. The highest BCUT2D eigenvalue weighted by Crippen LogP contribution is 2.41. The molecular weight excluding hydrogens is 152 g/mol. The molecule has 12 heavy (non-hydrogen) atoms. The smallest absolute Gasteiger partial charge is 0.0661 e. The molecule has 0 aromatic heterocycles. The van der Waals surface area contributed by atoms with Gasteiger partial charge in [0.2, 0.25) is 0 Å². The summed E-state index contributed by atoms with van der Waals surface area (Å²) in [7, 11) is 5.92. The number of hydrogen-bond acceptors (Lipinski definition) is 3. The summed E-state index contributed by atoms with van der Waals surface area (Å²) < 4.78 is 5.24. The summed E-state index contributed by atoms with van der Waals surface area (Å²) >= 11 is 0. The van der Waals surface area contributed by atoms with Crippen LogP contribution in [-0.2, 0) is 4.74 Å². The molecule has 1 atom stereocenters. The summed E-state index contributed by atoms with van der Waals surface area (Å²) in [5.41, 5.74) is 5.91. The second kappa shape index (κ2) is 3.73. The fourth-order valence-corrected chi connectivity index (χ4v) is 1.89. The first-order valence-electron chi connectivity index (χ1n) is 4.54. The van der Waals surface area contributed by atoms with Gasteiger partial charge in [0.05, 0.1) is 12.1 Å². The van der Waals surface area contributed by atoms with Crippen LogP contribution in [0.5, 0.6) is 0 Å². The van der Waals surface area contributed by atoms with E-state index in [1.165, 1.54) is 12.8 Å². The molecule has 1 saturated carbocycles. The molecule has 0 radical (unpaired) electrons. The molecular formula is C9H20N2O. The van der Waals surface area contributed by atoms with Crippen molar-refractivity contribution in [2.75, 3.05) is 34.4 Å². The van der Waals surface area contributed by atoms with E-state index in [-0.39, 0.29) is 5.54 Å². The predicted molar refractivity (Wildman–Crippen MR) is 50.1 cm³/mol. The second-order valence-corrected chi connectivity index (χ2v) is 3.91. The Balaban J connectivity index is 2.64. The topological polar surface area (TPSA) is 38.5 Å². The molecule has 0 aromatic carbocycles. The van der Waals surface area contributed by atoms with Gasteiger partial charge < -0.3 is 15.4 Å². The minimum atomic E-state index is 0.0920. The summed E-state index contributed by atoms with van der Waals surface area (Å²) in [6.45, 7) is 1.44. The van der Waals surface area contributed by atoms with E-state index in [2.05, 4.69) is 19.0 Å². The van der Waals surface area contributed by atoms with Gasteiger partial charge in [0.1, 0.15) is 0 Å². The van der Waals surface area contributed by atoms with Crippen LogP contribution in [0.3, 0.4) is 0 Å². The first kappa shape index (κ1) is 9.96. The van der Waals surface area contributed by atoms with Crippen LogP contribution in [0.2, 0.25) is 0 Å². The van der Waals surface area contributed by atoms with E-state index in [9.17, 15) is 0 Å². The Morgan fingerprint density at radius 1 is 1.50 bits per heavy atom. The summed E-state index contributed by atoms with van der Waals surface area (Å²) in [5.74, 6) is 0.748. The molecule has 0 spiro atoms. The van der Waals surface area contributed by atoms with E-state index in [0.717, 1.165) is 12.5 Å². The molecule has 1 rings (SSSR count). The number of rotatable bonds is 5. The molecule has 0 bridgehead atoms. The van der Waals surface area contributed by atoms with Crippen molar-refractivity contribution in [2.45, 2.75) is 18.4 Å². The van der Waals surface area contributed by atoms with Gasteiger partial charge in [0.15, 0.2) is 0 Å². The van der Waals surface area contributed by atoms with E-state index in [1.807, 2.05) is 0 Å². The van der Waals surface area contributed by atoms with Crippen LogP contribution >= 0.6 is 0 Å². The summed E-state index contributed by atoms with van der Waals surface area (Å²) in [5, 5.41) is 0. The van der Waals surface area contributed by atoms with Crippen molar-refractivity contribution in [3.05, 3.63) is 0 Å². The molecule has 0 aromatic rings. The van der Waals surface area contributed by atoms with Crippen molar-refractivity contribution in [3.63, 3.8) is 0 Å². The third-order valence-electron chi connectivity index (χ3n) is 2.98. The SMILES string of the molecule is COCC(CN)(C1CC1)N(C)C. The maximum atomic E-state index is 5.81. The van der Waals surface area contributed by atoms with E-state index >= 15 is 0 Å². The van der Waals surface area contributed by atoms with Crippen molar-refractivity contribution in [3.8, 4) is 0 Å². The van der Waals surface area contributed by atoms with Gasteiger partial charge in [-0.1, -0.05) is 0 Å². The van der Waals surface area contributed by atoms with Crippen molar-refractivity contribution < 1.29 is 4.74 Å². The number of nitrogens with two attached hydrogens (primary N) is 1. The van der Waals surface area contributed by atoms with E-state index in [1.54, 1.807) is 7.11 Å². The lowest BCUT2D eigenvalue weighted by Crippen LogP contribution is -2.55. The summed E-state index contributed by atoms with van der Waals surface area (Å²) in [6, 6.07) is 0. The van der Waals surface area contributed by atoms with Gasteiger partial charge >= 0.3 is 0 Å². The van der Waals surface area contributed by atoms with Gasteiger partial charge in [0.25, 0.3) is 0 Å². The van der Waals surface area contributed by atoms with Gasteiger partial charge in [-0.25, -0.2) is 0 Å². The van der Waals surface area contributed by atoms with Crippen LogP contribution in [0.25, 0.3) is 0 Å². The second-order valence-electron chi connectivity index (χ2n) is 3.91. The average Bonchev–Trinajstić information content (AvgIpc) is 2.82. The molecule has 1 fully saturated rings. The molecule has 0 saturated heterocycles. The van der Waals surface area contributed by atoms with Crippen LogP contribution in [-0.4, -0.2) is 44.8 Å². The van der Waals surface area contributed by atoms with Gasteiger partial charge in [-0.2, -0.15) is 0 Å². The monoisotopic (exact) mass is 172 g/mol. The molecule has 0 aliphatic heterocycles. The first-order chi connectivity index (χ1) is 5.67. The van der Waals surface area contributed by atoms with Gasteiger partial charge in [-0.3, -0.25) is 0 Å². The standard InChI is InChI=1S/C9H20N2O/c1-11(2)9(6-10,7-12-3)8-4-5-8/h8H,4-7,10H2,1-3H3. The highest BCUT2D eigenvalue weighted by molar-refractivity contribution is 5.01. The predicted octanol–water partition coefficient (Wildman–Crippen LogP) is 0.302. The molecule has 3 nitrogen and oxygen atoms in total. The molecule has 2 N–H and O–H groups in total. The highest BCUT2D eigenvalue weighted by atomic mass is 16.5. The maximum absolute atomic E-state index is 5.81. The lowest BCUT2D eigenvalue weighted by Gasteiger charge is -2.38. The zero-order valence-corrected chi connectivity index (χ0v) is 8.34. The number of methoxy groups -OCH3 is 1. The third kappa shape index (κ3) is 1.63. The maximum Gasteiger partial charge on any atom is 0.0661 e. The molecule has 1 aliphatic rings. The summed E-state index contributed by atoms with van der Waals surface area (Å²) in [6.07, 6.45) is 2.61. The Morgan fingerprint density at radius 2 is 2.08 bits per heavy atom. The fraction of sp³-hybridized carbons (Fsp3) is 1.00. The molecule has 3 heteroatoms. The third-order valence-corrected chi connectivity index (χ3v) is 2.98.